The number of aliphatic carboxylic acids is 6. The predicted molar refractivity (Wildman–Crippen MR) is 244 cm³/mol. The third-order valence-corrected chi connectivity index (χ3v) is 10.0. The minimum atomic E-state index is -1.26. The van der Waals surface area contributed by atoms with Crippen LogP contribution in [0.15, 0.2) is 85.2 Å². The van der Waals surface area contributed by atoms with Crippen LogP contribution in [0.5, 0.6) is 5.75 Å². The van der Waals surface area contributed by atoms with Gasteiger partial charge in [0.1, 0.15) is 23.6 Å². The summed E-state index contributed by atoms with van der Waals surface area (Å²) >= 11 is 0. The van der Waals surface area contributed by atoms with Gasteiger partial charge in [-0.25, -0.2) is 43.4 Å². The summed E-state index contributed by atoms with van der Waals surface area (Å²) in [6.45, 7) is 4.44. The highest BCUT2D eigenvalue weighted by molar-refractivity contribution is 6.06. The number of nitrogens with zero attached hydrogens (tertiary/aromatic N) is 7. The van der Waals surface area contributed by atoms with Gasteiger partial charge in [0.2, 0.25) is 0 Å². The van der Waals surface area contributed by atoms with E-state index in [0.29, 0.717) is 71.0 Å². The van der Waals surface area contributed by atoms with E-state index in [1.807, 2.05) is 66.1 Å². The van der Waals surface area contributed by atoms with Gasteiger partial charge in [-0.2, -0.15) is 5.10 Å². The number of amides is 1. The van der Waals surface area contributed by atoms with E-state index in [0.717, 1.165) is 48.2 Å². The second-order valence-corrected chi connectivity index (χ2v) is 14.9. The molecule has 0 unspecified atom stereocenters. The molecule has 2 aromatic heterocycles. The highest BCUT2D eigenvalue weighted by Gasteiger charge is 2.30. The zero-order valence-corrected chi connectivity index (χ0v) is 37.1. The van der Waals surface area contributed by atoms with Crippen LogP contribution in [-0.2, 0) is 28.8 Å². The number of carboxylic acid groups (broad SMARTS) is 6. The van der Waals surface area contributed by atoms with Crippen molar-refractivity contribution in [3.05, 3.63) is 90.8 Å². The van der Waals surface area contributed by atoms with Crippen LogP contribution in [0.4, 0.5) is 17.2 Å². The molecule has 0 radical (unpaired) electrons. The molecular formula is C44H53N9O14. The van der Waals surface area contributed by atoms with E-state index in [2.05, 4.69) is 32.1 Å². The molecule has 2 saturated heterocycles. The van der Waals surface area contributed by atoms with Crippen LogP contribution in [0.1, 0.15) is 42.1 Å². The first-order chi connectivity index (χ1) is 31.7. The number of ether oxygens (including phenoxy) is 1. The second kappa shape index (κ2) is 25.9. The van der Waals surface area contributed by atoms with Crippen molar-refractivity contribution in [2.45, 2.75) is 37.8 Å². The van der Waals surface area contributed by atoms with Gasteiger partial charge in [-0.3, -0.25) is 4.79 Å². The van der Waals surface area contributed by atoms with Gasteiger partial charge in [0.15, 0.2) is 5.65 Å². The number of likely N-dealkylation sites (tertiary alicyclic amines) is 2. The van der Waals surface area contributed by atoms with Crippen LogP contribution < -0.4 is 20.7 Å². The molecule has 0 spiro atoms. The van der Waals surface area contributed by atoms with Crippen molar-refractivity contribution in [3.8, 4) is 17.0 Å². The van der Waals surface area contributed by atoms with Gasteiger partial charge in [-0.1, -0.05) is 6.07 Å². The van der Waals surface area contributed by atoms with E-state index in [1.165, 1.54) is 32.3 Å². The number of carbonyl (C=O) groups is 7. The fraction of sp³-hybridized carbons (Fsp3) is 0.318. The smallest absolute Gasteiger partial charge is 0.328 e. The summed E-state index contributed by atoms with van der Waals surface area (Å²) in [7, 11) is 7.73. The quantitative estimate of drug-likeness (QED) is 0.0892. The van der Waals surface area contributed by atoms with E-state index in [1.54, 1.807) is 7.11 Å². The van der Waals surface area contributed by atoms with Crippen molar-refractivity contribution >= 4 is 69.9 Å². The minimum Gasteiger partial charge on any atom is -0.495 e. The van der Waals surface area contributed by atoms with Crippen molar-refractivity contribution in [1.82, 2.24) is 29.5 Å². The lowest BCUT2D eigenvalue weighted by atomic mass is 9.98. The minimum absolute atomic E-state index is 0.213. The topological polar surface area (TPSA) is 341 Å². The van der Waals surface area contributed by atoms with E-state index >= 15 is 0 Å². The number of hydrogen-bond acceptors (Lipinski definition) is 15. The van der Waals surface area contributed by atoms with E-state index in [-0.39, 0.29) is 11.9 Å². The third kappa shape index (κ3) is 17.4. The Hall–Kier alpha value is -8.18. The summed E-state index contributed by atoms with van der Waals surface area (Å²) in [6.07, 6.45) is 9.35. The number of benzene rings is 2. The zero-order valence-electron chi connectivity index (χ0n) is 37.1. The van der Waals surface area contributed by atoms with Gasteiger partial charge in [-0.15, -0.1) is 0 Å². The van der Waals surface area contributed by atoms with Gasteiger partial charge in [0.25, 0.3) is 5.91 Å². The fourth-order valence-electron chi connectivity index (χ4n) is 6.78. The van der Waals surface area contributed by atoms with Crippen LogP contribution in [-0.4, -0.2) is 162 Å². The average molecular weight is 932 g/mol. The number of hydrogen-bond donors (Lipinski definition) is 8. The Morgan fingerprint density at radius 3 is 1.63 bits per heavy atom. The lowest BCUT2D eigenvalue weighted by Crippen LogP contribution is -2.47. The molecule has 2 aliphatic heterocycles. The Balaban J connectivity index is 0.000000406. The maximum absolute atomic E-state index is 13.0. The van der Waals surface area contributed by atoms with Gasteiger partial charge >= 0.3 is 35.8 Å². The molecule has 0 atom stereocenters. The first-order valence-electron chi connectivity index (χ1n) is 20.3. The molecule has 358 valence electrons. The van der Waals surface area contributed by atoms with Crippen LogP contribution in [0.3, 0.4) is 0 Å². The van der Waals surface area contributed by atoms with Crippen LogP contribution in [0.25, 0.3) is 22.3 Å². The van der Waals surface area contributed by atoms with Crippen molar-refractivity contribution in [1.29, 1.82) is 0 Å². The Kier molecular flexibility index (Phi) is 20.6. The van der Waals surface area contributed by atoms with Crippen molar-refractivity contribution in [3.63, 3.8) is 0 Å². The highest BCUT2D eigenvalue weighted by atomic mass is 16.5. The first kappa shape index (κ1) is 53.2. The largest absolute Gasteiger partial charge is 0.495 e. The highest BCUT2D eigenvalue weighted by Crippen LogP contribution is 2.38. The number of aromatic nitrogens is 4. The van der Waals surface area contributed by atoms with Crippen LogP contribution in [0.2, 0.25) is 0 Å². The van der Waals surface area contributed by atoms with Crippen LogP contribution >= 0.6 is 0 Å². The molecule has 2 fully saturated rings. The van der Waals surface area contributed by atoms with Gasteiger partial charge in [0, 0.05) is 86.5 Å². The number of methoxy groups -OCH3 is 1. The van der Waals surface area contributed by atoms with Crippen molar-refractivity contribution < 1.29 is 68.9 Å². The molecule has 0 saturated carbocycles. The van der Waals surface area contributed by atoms with Crippen LogP contribution in [0, 0.1) is 0 Å². The van der Waals surface area contributed by atoms with E-state index < -0.39 is 35.8 Å². The number of carbonyl (C=O) groups excluding carboxylic acids is 1. The molecule has 67 heavy (non-hydrogen) atoms. The molecular weight excluding hydrogens is 879 g/mol. The Labute approximate surface area is 383 Å². The molecule has 0 aliphatic carbocycles. The molecule has 4 aromatic rings. The van der Waals surface area contributed by atoms with Gasteiger partial charge in [-0.05, 0) is 82.2 Å². The summed E-state index contributed by atoms with van der Waals surface area (Å²) < 4.78 is 7.76. The molecule has 6 rings (SSSR count). The molecule has 2 aromatic carbocycles. The standard InChI is InChI=1S/C32H41N9O2.3C4H4O4/c1-38(2)23-8-5-21(6-9-23)32(42)36-26-10-7-22(19-27(26)43-4)29-28-30(33)34-20-35-31(28)41(37-29)25-13-17-40(18-14-25)24-11-15-39(3)16-12-24;3*5-3(6)1-2-4(7)8/h5-10,19-20,24-25H,11-18H2,1-4H3,(H,36,42)(H2,33,34,35);3*1-2H,(H,5,6)(H,7,8)/b;3*2-1-. The average Bonchev–Trinajstić information content (AvgIpc) is 3.69. The summed E-state index contributed by atoms with van der Waals surface area (Å²) in [5.74, 6) is -6.83. The Bertz CT molecular complexity index is 2340. The van der Waals surface area contributed by atoms with Gasteiger partial charge in [0.05, 0.1) is 24.2 Å². The summed E-state index contributed by atoms with van der Waals surface area (Å²) in [6, 6.07) is 14.0. The number of nitrogen functional groups attached to an aromatic ring is 1. The molecule has 23 nitrogen and oxygen atoms in total. The summed E-state index contributed by atoms with van der Waals surface area (Å²) in [4.78, 5) is 86.3. The molecule has 1 amide bonds. The number of nitrogens with one attached hydrogen (secondary N) is 1. The number of piperidine rings is 2. The lowest BCUT2D eigenvalue weighted by Gasteiger charge is -2.41. The second-order valence-electron chi connectivity index (χ2n) is 14.9. The predicted octanol–water partition coefficient (Wildman–Crippen LogP) is 3.27. The Morgan fingerprint density at radius 2 is 1.18 bits per heavy atom. The normalized spacial score (nSPS) is 14.5. The number of fused-ring (bicyclic) bond motifs is 1. The Morgan fingerprint density at radius 1 is 0.701 bits per heavy atom. The van der Waals surface area contributed by atoms with Crippen molar-refractivity contribution in [2.24, 2.45) is 0 Å². The molecule has 0 bridgehead atoms. The monoisotopic (exact) mass is 931 g/mol. The number of anilines is 3. The maximum Gasteiger partial charge on any atom is 0.328 e. The molecule has 9 N–H and O–H groups in total. The third-order valence-electron chi connectivity index (χ3n) is 10.0. The lowest BCUT2D eigenvalue weighted by molar-refractivity contribution is -0.134. The number of nitrogens with two attached hydrogens (primary N) is 1. The van der Waals surface area contributed by atoms with E-state index in [4.69, 9.17) is 46.2 Å². The molecule has 2 aliphatic rings. The first-order valence-corrected chi connectivity index (χ1v) is 20.3. The van der Waals surface area contributed by atoms with Crippen molar-refractivity contribution in [2.75, 3.05) is 70.4 Å². The SMILES string of the molecule is COc1cc(-c2nn(C3CCN(C4CCN(C)CC4)CC3)c3ncnc(N)c23)ccc1NC(=O)c1ccc(N(C)C)cc1.O=C(O)/C=C\C(=O)O.O=C(O)/C=C\C(=O)O.O=C(O)/C=C\C(=O)O. The zero-order chi connectivity index (χ0) is 49.8. The maximum atomic E-state index is 13.0. The fourth-order valence-corrected chi connectivity index (χ4v) is 6.78. The summed E-state index contributed by atoms with van der Waals surface area (Å²) in [5, 5.41) is 55.7. The molecule has 23 heteroatoms. The number of carboxylic acids is 6. The molecule has 4 heterocycles. The van der Waals surface area contributed by atoms with E-state index in [9.17, 15) is 33.6 Å². The summed E-state index contributed by atoms with van der Waals surface area (Å²) in [5.41, 5.74) is 10.9. The van der Waals surface area contributed by atoms with Gasteiger partial charge < -0.3 is 61.1 Å². The number of rotatable bonds is 13.